The lowest BCUT2D eigenvalue weighted by Gasteiger charge is -2.07. The monoisotopic (exact) mass is 584 g/mol. The zero-order valence-electron chi connectivity index (χ0n) is 23.5. The van der Waals surface area contributed by atoms with Crippen molar-refractivity contribution in [3.63, 3.8) is 0 Å². The van der Waals surface area contributed by atoms with Gasteiger partial charge >= 0.3 is 23.9 Å². The molecule has 0 aromatic heterocycles. The van der Waals surface area contributed by atoms with Gasteiger partial charge in [-0.05, 0) is 48.5 Å². The van der Waals surface area contributed by atoms with Crippen LogP contribution in [0.3, 0.4) is 0 Å². The fraction of sp³-hybridized carbons (Fsp3) is 0.176. The van der Waals surface area contributed by atoms with Crippen LogP contribution in [0.4, 0.5) is 0 Å². The van der Waals surface area contributed by atoms with Gasteiger partial charge in [-0.2, -0.15) is 0 Å². The van der Waals surface area contributed by atoms with Gasteiger partial charge in [-0.1, -0.05) is 72.8 Å². The van der Waals surface area contributed by atoms with Gasteiger partial charge in [0.1, 0.15) is 26.4 Å². The first-order valence-corrected chi connectivity index (χ1v) is 13.5. The van der Waals surface area contributed by atoms with E-state index in [1.54, 1.807) is 97.1 Å². The van der Waals surface area contributed by atoms with Crippen LogP contribution in [0, 0.1) is 0 Å². The van der Waals surface area contributed by atoms with Crippen molar-refractivity contribution in [3.8, 4) is 0 Å². The van der Waals surface area contributed by atoms with E-state index in [9.17, 15) is 19.2 Å². The minimum absolute atomic E-state index is 0.0340. The number of hydrogen-bond donors (Lipinski definition) is 0. The van der Waals surface area contributed by atoms with Crippen LogP contribution in [-0.2, 0) is 23.7 Å². The van der Waals surface area contributed by atoms with Crippen LogP contribution in [0.2, 0.25) is 0 Å². The lowest BCUT2D eigenvalue weighted by atomic mass is 10.2. The van der Waals surface area contributed by atoms with Gasteiger partial charge in [-0.25, -0.2) is 19.2 Å². The first kappa shape index (κ1) is 32.2. The summed E-state index contributed by atoms with van der Waals surface area (Å²) in [5.74, 6) is -1.63. The average molecular weight is 585 g/mol. The fourth-order valence-electron chi connectivity index (χ4n) is 3.39. The maximum Gasteiger partial charge on any atom is 0.338 e. The normalized spacial score (nSPS) is 9.95. The molecule has 4 aromatic carbocycles. The lowest BCUT2D eigenvalue weighted by Crippen LogP contribution is -2.14. The highest BCUT2D eigenvalue weighted by Crippen LogP contribution is 2.04. The molecule has 0 saturated carbocycles. The van der Waals surface area contributed by atoms with Crippen molar-refractivity contribution < 1.29 is 42.9 Å². The van der Waals surface area contributed by atoms with Gasteiger partial charge in [-0.15, -0.1) is 0 Å². The fourth-order valence-corrected chi connectivity index (χ4v) is 3.39. The molecular weight excluding hydrogens is 552 g/mol. The molecule has 0 aliphatic heterocycles. The Morgan fingerprint density at radius 1 is 0.326 bits per heavy atom. The smallest absolute Gasteiger partial charge is 0.338 e. The zero-order chi connectivity index (χ0) is 30.5. The summed E-state index contributed by atoms with van der Waals surface area (Å²) in [5.41, 5.74) is 1.96. The summed E-state index contributed by atoms with van der Waals surface area (Å²) in [6.45, 7) is 0.877. The van der Waals surface area contributed by atoms with Crippen LogP contribution in [-0.4, -0.2) is 63.5 Å². The summed E-state index contributed by atoms with van der Waals surface area (Å²) < 4.78 is 25.4. The molecular formula is C34H32O9. The summed E-state index contributed by atoms with van der Waals surface area (Å²) in [7, 11) is 0. The van der Waals surface area contributed by atoms with E-state index in [-0.39, 0.29) is 51.6 Å². The van der Waals surface area contributed by atoms with Crippen molar-refractivity contribution in [1.82, 2.24) is 0 Å². The zero-order valence-corrected chi connectivity index (χ0v) is 23.5. The second-order valence-corrected chi connectivity index (χ2v) is 8.62. The molecule has 0 aliphatic rings. The molecule has 0 radical (unpaired) electrons. The van der Waals surface area contributed by atoms with E-state index in [0.717, 1.165) is 0 Å². The number of carbonyl (C=O) groups excluding carboxylic acids is 4. The summed E-state index contributed by atoms with van der Waals surface area (Å²) in [6, 6.07) is 34.8. The van der Waals surface area contributed by atoms with Crippen molar-refractivity contribution in [2.24, 2.45) is 0 Å². The highest BCUT2D eigenvalue weighted by atomic mass is 16.6. The summed E-state index contributed by atoms with van der Waals surface area (Å²) in [5, 5.41) is 0. The van der Waals surface area contributed by atoms with Crippen LogP contribution in [0.5, 0.6) is 0 Å². The SMILES string of the molecule is O=C(OCCOC(=O)c1ccccc1)c1ccccc1.O=C(OCCOCCOC(=O)c1ccccc1)c1ccccc1. The number of ether oxygens (including phenoxy) is 5. The minimum atomic E-state index is -0.429. The molecule has 0 amide bonds. The van der Waals surface area contributed by atoms with Crippen molar-refractivity contribution in [2.75, 3.05) is 39.6 Å². The minimum Gasteiger partial charge on any atom is -0.460 e. The van der Waals surface area contributed by atoms with E-state index in [1.807, 2.05) is 24.3 Å². The van der Waals surface area contributed by atoms with E-state index in [2.05, 4.69) is 0 Å². The van der Waals surface area contributed by atoms with E-state index < -0.39 is 11.9 Å². The first-order valence-electron chi connectivity index (χ1n) is 13.5. The van der Waals surface area contributed by atoms with Gasteiger partial charge in [0.25, 0.3) is 0 Å². The van der Waals surface area contributed by atoms with Crippen LogP contribution >= 0.6 is 0 Å². The average Bonchev–Trinajstić information content (AvgIpc) is 3.07. The maximum atomic E-state index is 11.6. The Hall–Kier alpha value is -5.28. The Morgan fingerprint density at radius 3 is 0.767 bits per heavy atom. The number of hydrogen-bond acceptors (Lipinski definition) is 9. The molecule has 4 rings (SSSR count). The molecule has 43 heavy (non-hydrogen) atoms. The van der Waals surface area contributed by atoms with E-state index in [1.165, 1.54) is 0 Å². The quantitative estimate of drug-likeness (QED) is 0.115. The van der Waals surface area contributed by atoms with E-state index >= 15 is 0 Å². The molecule has 0 unspecified atom stereocenters. The standard InChI is InChI=1S/C18H18O5.C16H14O4/c19-17(15-7-3-1-4-8-15)22-13-11-21-12-14-23-18(20)16-9-5-2-6-10-16;17-15(13-7-3-1-4-8-13)19-11-12-20-16(18)14-9-5-2-6-10-14/h1-10H,11-14H2;1-10H,11-12H2. The molecule has 0 fully saturated rings. The van der Waals surface area contributed by atoms with Gasteiger partial charge < -0.3 is 23.7 Å². The summed E-state index contributed by atoms with van der Waals surface area (Å²) in [4.78, 5) is 46.5. The van der Waals surface area contributed by atoms with Crippen LogP contribution in [0.25, 0.3) is 0 Å². The van der Waals surface area contributed by atoms with E-state index in [4.69, 9.17) is 23.7 Å². The Bertz CT molecular complexity index is 1280. The number of esters is 4. The van der Waals surface area contributed by atoms with Crippen LogP contribution in [0.15, 0.2) is 121 Å². The predicted octanol–water partition coefficient (Wildman–Crippen LogP) is 5.42. The maximum absolute atomic E-state index is 11.6. The Labute approximate surface area is 249 Å². The number of benzene rings is 4. The molecule has 0 atom stereocenters. The number of rotatable bonds is 13. The van der Waals surface area contributed by atoms with Gasteiger partial charge in [0.15, 0.2) is 0 Å². The highest BCUT2D eigenvalue weighted by molar-refractivity contribution is 5.90. The van der Waals surface area contributed by atoms with Crippen LogP contribution < -0.4 is 0 Å². The van der Waals surface area contributed by atoms with Gasteiger partial charge in [-0.3, -0.25) is 0 Å². The predicted molar refractivity (Wildman–Crippen MR) is 158 cm³/mol. The van der Waals surface area contributed by atoms with Crippen molar-refractivity contribution in [3.05, 3.63) is 144 Å². The lowest BCUT2D eigenvalue weighted by molar-refractivity contribution is 0.0150. The molecule has 0 saturated heterocycles. The third kappa shape index (κ3) is 12.4. The van der Waals surface area contributed by atoms with Gasteiger partial charge in [0, 0.05) is 0 Å². The Balaban J connectivity index is 0.000000238. The molecule has 222 valence electrons. The topological polar surface area (TPSA) is 114 Å². The van der Waals surface area contributed by atoms with Gasteiger partial charge in [0.2, 0.25) is 0 Å². The molecule has 0 heterocycles. The summed E-state index contributed by atoms with van der Waals surface area (Å²) >= 11 is 0. The van der Waals surface area contributed by atoms with Crippen molar-refractivity contribution >= 4 is 23.9 Å². The second kappa shape index (κ2) is 19.0. The molecule has 4 aromatic rings. The third-order valence-electron chi connectivity index (χ3n) is 5.51. The molecule has 9 heteroatoms. The van der Waals surface area contributed by atoms with Crippen molar-refractivity contribution in [2.45, 2.75) is 0 Å². The molecule has 0 N–H and O–H groups in total. The van der Waals surface area contributed by atoms with Crippen LogP contribution in [0.1, 0.15) is 41.4 Å². The van der Waals surface area contributed by atoms with E-state index in [0.29, 0.717) is 22.3 Å². The second-order valence-electron chi connectivity index (χ2n) is 8.62. The first-order chi connectivity index (χ1) is 21.0. The van der Waals surface area contributed by atoms with Crippen molar-refractivity contribution in [1.29, 1.82) is 0 Å². The molecule has 0 bridgehead atoms. The third-order valence-corrected chi connectivity index (χ3v) is 5.51. The largest absolute Gasteiger partial charge is 0.460 e. The number of carbonyl (C=O) groups is 4. The Kier molecular flexibility index (Phi) is 14.2. The molecule has 0 spiro atoms. The molecule has 9 nitrogen and oxygen atoms in total. The summed E-state index contributed by atoms with van der Waals surface area (Å²) in [6.07, 6.45) is 0. The highest BCUT2D eigenvalue weighted by Gasteiger charge is 2.09. The molecule has 0 aliphatic carbocycles. The van der Waals surface area contributed by atoms with Gasteiger partial charge in [0.05, 0.1) is 35.5 Å². The Morgan fingerprint density at radius 2 is 0.535 bits per heavy atom.